The fourth-order valence-electron chi connectivity index (χ4n) is 1.63. The highest BCUT2D eigenvalue weighted by molar-refractivity contribution is 7.14. The summed E-state index contributed by atoms with van der Waals surface area (Å²) in [6, 6.07) is 7.97. The van der Waals surface area contributed by atoms with Crippen molar-refractivity contribution in [2.75, 3.05) is 0 Å². The third-order valence-electron chi connectivity index (χ3n) is 2.62. The predicted molar refractivity (Wildman–Crippen MR) is 75.0 cm³/mol. The first-order chi connectivity index (χ1) is 9.65. The number of hydrogen-bond donors (Lipinski definition) is 1. The molecule has 0 bridgehead atoms. The lowest BCUT2D eigenvalue weighted by atomic mass is 10.1. The average Bonchev–Trinajstić information content (AvgIpc) is 3.07. The first-order valence-electron chi connectivity index (χ1n) is 5.56. The van der Waals surface area contributed by atoms with Crippen LogP contribution in [0.15, 0.2) is 40.1 Å². The highest BCUT2D eigenvalue weighted by Crippen LogP contribution is 2.33. The van der Waals surface area contributed by atoms with Crippen molar-refractivity contribution in [2.45, 2.75) is 0 Å². The van der Waals surface area contributed by atoms with Crippen LogP contribution in [-0.4, -0.2) is 21.3 Å². The third kappa shape index (κ3) is 2.31. The van der Waals surface area contributed by atoms with E-state index in [1.54, 1.807) is 18.2 Å². The van der Waals surface area contributed by atoms with Crippen LogP contribution in [0.5, 0.6) is 0 Å². The van der Waals surface area contributed by atoms with Gasteiger partial charge in [-0.05, 0) is 35.7 Å². The van der Waals surface area contributed by atoms with Gasteiger partial charge in [0, 0.05) is 5.56 Å². The lowest BCUT2D eigenvalue weighted by Gasteiger charge is -1.96. The fraction of sp³-hybridized carbons (Fsp3) is 0. The summed E-state index contributed by atoms with van der Waals surface area (Å²) in [5, 5.41) is 19.1. The number of benzene rings is 1. The largest absolute Gasteiger partial charge is 0.478 e. The second-order valence-electron chi connectivity index (χ2n) is 3.89. The molecule has 20 heavy (non-hydrogen) atoms. The van der Waals surface area contributed by atoms with E-state index in [1.165, 1.54) is 23.5 Å². The van der Waals surface area contributed by atoms with Crippen LogP contribution in [0.3, 0.4) is 0 Å². The molecule has 3 aromatic rings. The molecule has 1 aromatic carbocycles. The van der Waals surface area contributed by atoms with Crippen molar-refractivity contribution in [2.24, 2.45) is 0 Å². The van der Waals surface area contributed by atoms with Crippen LogP contribution in [0.4, 0.5) is 0 Å². The van der Waals surface area contributed by atoms with Gasteiger partial charge in [0.15, 0.2) is 0 Å². The number of carboxylic acids is 1. The molecule has 0 aliphatic rings. The minimum absolute atomic E-state index is 0.204. The molecule has 0 spiro atoms. The second kappa shape index (κ2) is 5.07. The number of hydrogen-bond acceptors (Lipinski definition) is 5. The van der Waals surface area contributed by atoms with Crippen LogP contribution in [0, 0.1) is 0 Å². The van der Waals surface area contributed by atoms with Gasteiger partial charge in [0.05, 0.1) is 10.6 Å². The minimum atomic E-state index is -0.979. The van der Waals surface area contributed by atoms with Gasteiger partial charge >= 0.3 is 5.97 Å². The topological polar surface area (TPSA) is 76.2 Å². The number of aromatic nitrogens is 2. The van der Waals surface area contributed by atoms with Crippen LogP contribution in [0.25, 0.3) is 22.2 Å². The highest BCUT2D eigenvalue weighted by atomic mass is 35.5. The van der Waals surface area contributed by atoms with E-state index in [1.807, 2.05) is 5.38 Å². The van der Waals surface area contributed by atoms with Gasteiger partial charge in [-0.1, -0.05) is 11.6 Å². The Morgan fingerprint density at radius 2 is 1.85 bits per heavy atom. The van der Waals surface area contributed by atoms with Crippen LogP contribution >= 0.6 is 22.9 Å². The van der Waals surface area contributed by atoms with E-state index >= 15 is 0 Å². The fourth-order valence-corrected chi connectivity index (χ4v) is 2.69. The van der Waals surface area contributed by atoms with Crippen molar-refractivity contribution < 1.29 is 14.3 Å². The maximum absolute atomic E-state index is 10.8. The van der Waals surface area contributed by atoms with Gasteiger partial charge in [-0.2, -0.15) is 0 Å². The first-order valence-corrected chi connectivity index (χ1v) is 6.81. The summed E-state index contributed by atoms with van der Waals surface area (Å²) < 4.78 is 5.55. The molecule has 0 unspecified atom stereocenters. The Labute approximate surface area is 122 Å². The molecule has 5 nitrogen and oxygen atoms in total. The maximum Gasteiger partial charge on any atom is 0.335 e. The summed E-state index contributed by atoms with van der Waals surface area (Å²) in [4.78, 5) is 11.5. The van der Waals surface area contributed by atoms with E-state index in [9.17, 15) is 4.79 Å². The molecule has 3 rings (SSSR count). The highest BCUT2D eigenvalue weighted by Gasteiger charge is 2.14. The van der Waals surface area contributed by atoms with E-state index in [0.717, 1.165) is 0 Å². The molecule has 0 aliphatic heterocycles. The Bertz CT molecular complexity index is 764. The Morgan fingerprint density at radius 3 is 2.45 bits per heavy atom. The molecule has 0 aliphatic carbocycles. The Morgan fingerprint density at radius 1 is 1.15 bits per heavy atom. The molecule has 0 fully saturated rings. The van der Waals surface area contributed by atoms with Crippen molar-refractivity contribution >= 4 is 28.9 Å². The van der Waals surface area contributed by atoms with E-state index in [4.69, 9.17) is 21.1 Å². The van der Waals surface area contributed by atoms with Crippen LogP contribution in [0.1, 0.15) is 10.4 Å². The van der Waals surface area contributed by atoms with Crippen molar-refractivity contribution in [3.63, 3.8) is 0 Å². The molecule has 7 heteroatoms. The smallest absolute Gasteiger partial charge is 0.335 e. The van der Waals surface area contributed by atoms with Gasteiger partial charge in [0.25, 0.3) is 5.89 Å². The SMILES string of the molecule is O=C(O)c1ccc(-c2nnc(-c3sccc3Cl)o2)cc1. The number of thiophene rings is 1. The molecular weight excluding hydrogens is 300 g/mol. The number of halogens is 1. The maximum atomic E-state index is 10.8. The molecular formula is C13H7ClN2O3S. The van der Waals surface area contributed by atoms with Gasteiger partial charge in [0.1, 0.15) is 4.88 Å². The third-order valence-corrected chi connectivity index (χ3v) is 3.94. The number of carboxylic acid groups (broad SMARTS) is 1. The van der Waals surface area contributed by atoms with Crippen molar-refractivity contribution in [3.05, 3.63) is 46.3 Å². The molecule has 0 radical (unpaired) electrons. The van der Waals surface area contributed by atoms with Crippen molar-refractivity contribution in [3.8, 4) is 22.2 Å². The van der Waals surface area contributed by atoms with Crippen molar-refractivity contribution in [1.82, 2.24) is 10.2 Å². The quantitative estimate of drug-likeness (QED) is 0.796. The van der Waals surface area contributed by atoms with Gasteiger partial charge < -0.3 is 9.52 Å². The number of nitrogens with zero attached hydrogens (tertiary/aromatic N) is 2. The lowest BCUT2D eigenvalue weighted by Crippen LogP contribution is -1.94. The molecule has 0 saturated heterocycles. The van der Waals surface area contributed by atoms with E-state index < -0.39 is 5.97 Å². The zero-order valence-corrected chi connectivity index (χ0v) is 11.5. The van der Waals surface area contributed by atoms with Gasteiger partial charge in [0.2, 0.25) is 5.89 Å². The molecule has 0 atom stereocenters. The summed E-state index contributed by atoms with van der Waals surface area (Å²) in [5.41, 5.74) is 0.858. The Kier molecular flexibility index (Phi) is 3.25. The van der Waals surface area contributed by atoms with Gasteiger partial charge in [-0.3, -0.25) is 0 Å². The number of rotatable bonds is 3. The summed E-state index contributed by atoms with van der Waals surface area (Å²) in [7, 11) is 0. The average molecular weight is 307 g/mol. The van der Waals surface area contributed by atoms with Gasteiger partial charge in [-0.25, -0.2) is 4.79 Å². The Hall–Kier alpha value is -2.18. The van der Waals surface area contributed by atoms with E-state index in [2.05, 4.69) is 10.2 Å². The van der Waals surface area contributed by atoms with E-state index in [-0.39, 0.29) is 5.56 Å². The molecule has 2 heterocycles. The first kappa shape index (κ1) is 12.8. The van der Waals surface area contributed by atoms with Crippen LogP contribution in [0.2, 0.25) is 5.02 Å². The van der Waals surface area contributed by atoms with Crippen LogP contribution < -0.4 is 0 Å². The molecule has 100 valence electrons. The standard InChI is InChI=1S/C13H7ClN2O3S/c14-9-5-6-20-10(9)12-16-15-11(19-12)7-1-3-8(4-2-7)13(17)18/h1-6H,(H,17,18). The number of aromatic carboxylic acids is 1. The zero-order chi connectivity index (χ0) is 14.1. The molecule has 1 N–H and O–H groups in total. The summed E-state index contributed by atoms with van der Waals surface area (Å²) in [6.45, 7) is 0. The summed E-state index contributed by atoms with van der Waals surface area (Å²) >= 11 is 7.41. The molecule has 0 amide bonds. The van der Waals surface area contributed by atoms with Crippen LogP contribution in [-0.2, 0) is 0 Å². The second-order valence-corrected chi connectivity index (χ2v) is 5.22. The lowest BCUT2D eigenvalue weighted by molar-refractivity contribution is 0.0697. The number of carbonyl (C=O) groups is 1. The normalized spacial score (nSPS) is 10.7. The Balaban J connectivity index is 1.94. The zero-order valence-electron chi connectivity index (χ0n) is 9.91. The predicted octanol–water partition coefficient (Wildman–Crippen LogP) is 3.82. The van der Waals surface area contributed by atoms with Gasteiger partial charge in [-0.15, -0.1) is 21.5 Å². The molecule has 0 saturated carbocycles. The summed E-state index contributed by atoms with van der Waals surface area (Å²) in [6.07, 6.45) is 0. The monoisotopic (exact) mass is 306 g/mol. The minimum Gasteiger partial charge on any atom is -0.478 e. The summed E-state index contributed by atoms with van der Waals surface area (Å²) in [5.74, 6) is -0.308. The molecule has 2 aromatic heterocycles. The van der Waals surface area contributed by atoms with E-state index in [0.29, 0.717) is 27.2 Å². The van der Waals surface area contributed by atoms with Crippen molar-refractivity contribution in [1.29, 1.82) is 0 Å².